The third kappa shape index (κ3) is 3.63. The standard InChI is InChI=1S/C30H17N5O4S2/c1-15-6-9-17(10-7-15)35-26-24(32-30-34(28(26)37)23(36)14-41-30)25(33-35)27-31-21(13-40-27)20-12-19-18-5-3-2-4-16(18)8-11-22(19)39-29(20)38/h2-13H,14H2,1H3. The fourth-order valence-electron chi connectivity index (χ4n) is 5.13. The fraction of sp³-hybridized carbons (Fsp3) is 0.0667. The molecule has 0 saturated heterocycles. The Balaban J connectivity index is 1.34. The van der Waals surface area contributed by atoms with E-state index in [1.807, 2.05) is 67.6 Å². The summed E-state index contributed by atoms with van der Waals surface area (Å²) in [5.74, 6) is -0.162. The lowest BCUT2D eigenvalue weighted by molar-refractivity contribution is 0.0934. The zero-order valence-electron chi connectivity index (χ0n) is 21.3. The first kappa shape index (κ1) is 24.0. The Morgan fingerprint density at radius 1 is 0.927 bits per heavy atom. The van der Waals surface area contributed by atoms with Crippen molar-refractivity contribution in [1.29, 1.82) is 0 Å². The SMILES string of the molecule is Cc1ccc(-n2nc(-c3nc(-c4cc5c(ccc6ccccc65)oc4=O)cs3)c3nc4n(c(=O)c32)C(=O)CS4)cc1. The van der Waals surface area contributed by atoms with Gasteiger partial charge in [-0.2, -0.15) is 5.10 Å². The molecule has 5 heterocycles. The van der Waals surface area contributed by atoms with E-state index in [0.29, 0.717) is 43.9 Å². The van der Waals surface area contributed by atoms with Gasteiger partial charge in [0.15, 0.2) is 10.7 Å². The molecular weight excluding hydrogens is 558 g/mol. The highest BCUT2D eigenvalue weighted by Crippen LogP contribution is 2.35. The number of benzene rings is 3. The summed E-state index contributed by atoms with van der Waals surface area (Å²) in [6.07, 6.45) is 0. The number of carbonyl (C=O) groups is 1. The molecule has 9 nitrogen and oxygen atoms in total. The van der Waals surface area contributed by atoms with E-state index in [9.17, 15) is 14.4 Å². The average molecular weight is 576 g/mol. The number of aromatic nitrogens is 5. The number of nitrogens with zero attached hydrogens (tertiary/aromatic N) is 5. The van der Waals surface area contributed by atoms with Crippen molar-refractivity contribution in [2.75, 3.05) is 5.75 Å². The van der Waals surface area contributed by atoms with Gasteiger partial charge in [0.05, 0.1) is 22.7 Å². The van der Waals surface area contributed by atoms with Gasteiger partial charge in [-0.1, -0.05) is 59.8 Å². The molecule has 8 rings (SSSR count). The van der Waals surface area contributed by atoms with E-state index in [1.165, 1.54) is 27.8 Å². The van der Waals surface area contributed by atoms with E-state index in [-0.39, 0.29) is 17.2 Å². The molecule has 0 aliphatic carbocycles. The van der Waals surface area contributed by atoms with E-state index >= 15 is 0 Å². The van der Waals surface area contributed by atoms with Crippen molar-refractivity contribution in [3.63, 3.8) is 0 Å². The molecule has 0 atom stereocenters. The lowest BCUT2D eigenvalue weighted by atomic mass is 10.0. The van der Waals surface area contributed by atoms with Crippen LogP contribution in [0.1, 0.15) is 10.4 Å². The molecule has 0 bridgehead atoms. The van der Waals surface area contributed by atoms with Gasteiger partial charge >= 0.3 is 5.63 Å². The van der Waals surface area contributed by atoms with Crippen molar-refractivity contribution in [1.82, 2.24) is 24.3 Å². The van der Waals surface area contributed by atoms with Crippen molar-refractivity contribution in [3.05, 3.63) is 98.4 Å². The predicted octanol–water partition coefficient (Wildman–Crippen LogP) is 5.69. The number of hydrogen-bond donors (Lipinski definition) is 0. The Labute approximate surface area is 238 Å². The summed E-state index contributed by atoms with van der Waals surface area (Å²) in [5, 5.41) is 10.2. The van der Waals surface area contributed by atoms with Gasteiger partial charge in [0, 0.05) is 10.8 Å². The van der Waals surface area contributed by atoms with E-state index in [4.69, 9.17) is 14.5 Å². The molecule has 1 aliphatic heterocycles. The first-order chi connectivity index (χ1) is 20.0. The Hall–Kier alpha value is -4.87. The van der Waals surface area contributed by atoms with Gasteiger partial charge in [-0.15, -0.1) is 11.3 Å². The lowest BCUT2D eigenvalue weighted by Crippen LogP contribution is -2.27. The van der Waals surface area contributed by atoms with Gasteiger partial charge < -0.3 is 4.42 Å². The molecule has 198 valence electrons. The van der Waals surface area contributed by atoms with Crippen molar-refractivity contribution < 1.29 is 9.21 Å². The molecule has 3 aromatic carbocycles. The van der Waals surface area contributed by atoms with Gasteiger partial charge in [0.2, 0.25) is 5.91 Å². The largest absolute Gasteiger partial charge is 0.422 e. The zero-order chi connectivity index (χ0) is 27.8. The Bertz CT molecular complexity index is 2350. The Morgan fingerprint density at radius 2 is 1.76 bits per heavy atom. The van der Waals surface area contributed by atoms with Crippen LogP contribution in [0, 0.1) is 6.92 Å². The van der Waals surface area contributed by atoms with Crippen molar-refractivity contribution >= 4 is 61.8 Å². The maximum Gasteiger partial charge on any atom is 0.345 e. The monoisotopic (exact) mass is 575 g/mol. The van der Waals surface area contributed by atoms with Crippen LogP contribution in [-0.2, 0) is 0 Å². The molecule has 0 unspecified atom stereocenters. The van der Waals surface area contributed by atoms with Gasteiger partial charge in [0.25, 0.3) is 5.56 Å². The van der Waals surface area contributed by atoms with Crippen LogP contribution >= 0.6 is 23.1 Å². The molecule has 0 radical (unpaired) electrons. The Kier molecular flexibility index (Phi) is 5.15. The summed E-state index contributed by atoms with van der Waals surface area (Å²) in [6.45, 7) is 1.97. The molecule has 0 amide bonds. The van der Waals surface area contributed by atoms with E-state index < -0.39 is 11.2 Å². The Morgan fingerprint density at radius 3 is 2.61 bits per heavy atom. The molecule has 0 fully saturated rings. The van der Waals surface area contributed by atoms with Gasteiger partial charge in [-0.05, 0) is 42.0 Å². The minimum absolute atomic E-state index is 0.149. The number of fused-ring (bicyclic) bond motifs is 5. The number of thioether (sulfide) groups is 1. The van der Waals surface area contributed by atoms with Gasteiger partial charge in [-0.3, -0.25) is 9.59 Å². The third-order valence-corrected chi connectivity index (χ3v) is 8.91. The summed E-state index contributed by atoms with van der Waals surface area (Å²) in [6, 6.07) is 21.0. The molecule has 4 aromatic heterocycles. The molecule has 0 saturated carbocycles. The minimum atomic E-state index is -0.497. The predicted molar refractivity (Wildman–Crippen MR) is 159 cm³/mol. The summed E-state index contributed by atoms with van der Waals surface area (Å²) in [4.78, 5) is 48.6. The van der Waals surface area contributed by atoms with Gasteiger partial charge in [0.1, 0.15) is 21.8 Å². The second-order valence-corrected chi connectivity index (χ2v) is 11.5. The number of thiazole rings is 1. The normalized spacial score (nSPS) is 13.0. The van der Waals surface area contributed by atoms with E-state index in [0.717, 1.165) is 26.3 Å². The highest BCUT2D eigenvalue weighted by molar-refractivity contribution is 8.00. The number of rotatable bonds is 3. The summed E-state index contributed by atoms with van der Waals surface area (Å²) < 4.78 is 8.31. The molecule has 1 aliphatic rings. The van der Waals surface area contributed by atoms with Crippen molar-refractivity contribution in [3.8, 4) is 27.6 Å². The van der Waals surface area contributed by atoms with Gasteiger partial charge in [-0.25, -0.2) is 24.0 Å². The molecule has 11 heteroatoms. The molecule has 41 heavy (non-hydrogen) atoms. The summed E-state index contributed by atoms with van der Waals surface area (Å²) >= 11 is 2.51. The minimum Gasteiger partial charge on any atom is -0.422 e. The number of aryl methyl sites for hydroxylation is 1. The summed E-state index contributed by atoms with van der Waals surface area (Å²) in [7, 11) is 0. The molecule has 7 aromatic rings. The maximum absolute atomic E-state index is 13.6. The van der Waals surface area contributed by atoms with E-state index in [1.54, 1.807) is 11.4 Å². The number of carbonyl (C=O) groups excluding carboxylic acids is 1. The van der Waals surface area contributed by atoms with Crippen LogP contribution in [-0.4, -0.2) is 36.0 Å². The van der Waals surface area contributed by atoms with Crippen LogP contribution < -0.4 is 11.2 Å². The first-order valence-electron chi connectivity index (χ1n) is 12.7. The van der Waals surface area contributed by atoms with Crippen LogP contribution in [0.4, 0.5) is 0 Å². The van der Waals surface area contributed by atoms with Crippen LogP contribution in [0.5, 0.6) is 0 Å². The molecule has 0 N–H and O–H groups in total. The second-order valence-electron chi connectivity index (χ2n) is 9.69. The highest BCUT2D eigenvalue weighted by Gasteiger charge is 2.29. The van der Waals surface area contributed by atoms with Crippen molar-refractivity contribution in [2.45, 2.75) is 12.1 Å². The average Bonchev–Trinajstić information content (AvgIpc) is 3.71. The lowest BCUT2D eigenvalue weighted by Gasteiger charge is -2.05. The first-order valence-corrected chi connectivity index (χ1v) is 14.5. The smallest absolute Gasteiger partial charge is 0.345 e. The second kappa shape index (κ2) is 8.82. The molecular formula is C30H17N5O4S2. The topological polar surface area (TPSA) is 113 Å². The zero-order valence-corrected chi connectivity index (χ0v) is 23.0. The third-order valence-electron chi connectivity index (χ3n) is 7.14. The summed E-state index contributed by atoms with van der Waals surface area (Å²) in [5.41, 5.74) is 2.94. The fourth-order valence-corrected chi connectivity index (χ4v) is 6.78. The quantitative estimate of drug-likeness (QED) is 0.150. The van der Waals surface area contributed by atoms with Crippen molar-refractivity contribution in [2.24, 2.45) is 0 Å². The van der Waals surface area contributed by atoms with Crippen LogP contribution in [0.15, 0.2) is 91.3 Å². The molecule has 0 spiro atoms. The van der Waals surface area contributed by atoms with E-state index in [2.05, 4.69) is 4.98 Å². The highest BCUT2D eigenvalue weighted by atomic mass is 32.2. The van der Waals surface area contributed by atoms with Crippen LogP contribution in [0.3, 0.4) is 0 Å². The van der Waals surface area contributed by atoms with Crippen LogP contribution in [0.25, 0.3) is 60.4 Å². The van der Waals surface area contributed by atoms with Crippen LogP contribution in [0.2, 0.25) is 0 Å². The maximum atomic E-state index is 13.6. The number of hydrogen-bond acceptors (Lipinski definition) is 9.